The summed E-state index contributed by atoms with van der Waals surface area (Å²) in [5, 5.41) is 3.23. The maximum atomic E-state index is 12.6. The first-order valence-electron chi connectivity index (χ1n) is 8.06. The van der Waals surface area contributed by atoms with Crippen LogP contribution in [0.5, 0.6) is 5.75 Å². The maximum absolute atomic E-state index is 12.6. The largest absolute Gasteiger partial charge is 0.433 e. The number of hydrogen-bond acceptors (Lipinski definition) is 5. The Kier molecular flexibility index (Phi) is 6.56. The van der Waals surface area contributed by atoms with E-state index >= 15 is 0 Å². The van der Waals surface area contributed by atoms with E-state index in [2.05, 4.69) is 19.6 Å². The van der Waals surface area contributed by atoms with E-state index in [-0.39, 0.29) is 17.3 Å². The molecule has 6 nitrogen and oxygen atoms in total. The zero-order valence-corrected chi connectivity index (χ0v) is 16.4. The van der Waals surface area contributed by atoms with E-state index in [1.54, 1.807) is 17.5 Å². The molecule has 1 saturated heterocycles. The predicted molar refractivity (Wildman–Crippen MR) is 104 cm³/mol. The summed E-state index contributed by atoms with van der Waals surface area (Å²) in [5.74, 6) is 0.189. The van der Waals surface area contributed by atoms with Gasteiger partial charge in [0.1, 0.15) is 5.75 Å². The Labute approximate surface area is 169 Å². The lowest BCUT2D eigenvalue weighted by atomic mass is 10.2. The molecule has 3 rings (SSSR count). The van der Waals surface area contributed by atoms with Crippen molar-refractivity contribution in [2.75, 3.05) is 31.1 Å². The summed E-state index contributed by atoms with van der Waals surface area (Å²) < 4.78 is 29.8. The van der Waals surface area contributed by atoms with E-state index in [9.17, 15) is 8.78 Å². The molecule has 0 radical (unpaired) electrons. The van der Waals surface area contributed by atoms with Gasteiger partial charge in [0.25, 0.3) is 0 Å². The van der Waals surface area contributed by atoms with E-state index in [1.807, 2.05) is 10.3 Å². The molecule has 1 aliphatic rings. The van der Waals surface area contributed by atoms with Crippen LogP contribution in [-0.4, -0.2) is 48.6 Å². The van der Waals surface area contributed by atoms with Crippen molar-refractivity contribution in [1.29, 1.82) is 0 Å². The number of nitrogens with zero attached hydrogens (tertiary/aromatic N) is 4. The molecule has 0 unspecified atom stereocenters. The fourth-order valence-corrected chi connectivity index (χ4v) is 3.99. The van der Waals surface area contributed by atoms with Crippen LogP contribution in [0.25, 0.3) is 0 Å². The van der Waals surface area contributed by atoms with E-state index in [4.69, 9.17) is 28.9 Å². The van der Waals surface area contributed by atoms with Crippen molar-refractivity contribution in [2.24, 2.45) is 10.7 Å². The Hall–Kier alpha value is -1.84. The number of aromatic nitrogens is 1. The Bertz CT molecular complexity index is 798. The van der Waals surface area contributed by atoms with E-state index in [0.717, 1.165) is 18.2 Å². The molecule has 2 N–H and O–H groups in total. The summed E-state index contributed by atoms with van der Waals surface area (Å²) in [6.45, 7) is -0.0560. The van der Waals surface area contributed by atoms with Crippen LogP contribution in [0, 0.1) is 0 Å². The summed E-state index contributed by atoms with van der Waals surface area (Å²) in [6, 6.07) is 2.83. The molecule has 0 bridgehead atoms. The first-order valence-corrected chi connectivity index (χ1v) is 9.69. The number of thiazole rings is 1. The smallest absolute Gasteiger partial charge is 0.387 e. The van der Waals surface area contributed by atoms with Gasteiger partial charge >= 0.3 is 6.61 Å². The highest BCUT2D eigenvalue weighted by molar-refractivity contribution is 7.13. The molecule has 0 spiro atoms. The number of benzene rings is 1. The van der Waals surface area contributed by atoms with Crippen molar-refractivity contribution < 1.29 is 13.5 Å². The molecular weight excluding hydrogens is 419 g/mol. The van der Waals surface area contributed by atoms with Crippen molar-refractivity contribution in [1.82, 2.24) is 9.88 Å². The lowest BCUT2D eigenvalue weighted by Gasteiger charge is -2.35. The van der Waals surface area contributed by atoms with Crippen molar-refractivity contribution in [3.05, 3.63) is 39.3 Å². The first-order chi connectivity index (χ1) is 12.9. The third-order valence-electron chi connectivity index (χ3n) is 4.00. The van der Waals surface area contributed by atoms with Crippen LogP contribution in [-0.2, 0) is 6.54 Å². The molecule has 1 fully saturated rings. The molecule has 27 heavy (non-hydrogen) atoms. The third kappa shape index (κ3) is 5.12. The maximum Gasteiger partial charge on any atom is 0.387 e. The SMILES string of the molecule is NC(=NCc1cc(Cl)cc(Cl)c1OC(F)F)N1CCN(c2nccs2)CC1. The van der Waals surface area contributed by atoms with Crippen LogP contribution in [0.2, 0.25) is 10.0 Å². The van der Waals surface area contributed by atoms with Crippen LogP contribution in [0.1, 0.15) is 5.56 Å². The van der Waals surface area contributed by atoms with Crippen molar-refractivity contribution in [2.45, 2.75) is 13.2 Å². The molecule has 0 atom stereocenters. The molecule has 1 aliphatic heterocycles. The number of alkyl halides is 2. The molecular formula is C16H17Cl2F2N5OS. The second-order valence-corrected chi connectivity index (χ2v) is 7.43. The standard InChI is InChI=1S/C16H17Cl2F2N5OS/c17-11-7-10(13(12(18)8-11)26-14(19)20)9-23-15(21)24-2-4-25(5-3-24)16-22-1-6-27-16/h1,6-8,14H,2-5,9H2,(H2,21,23). The summed E-state index contributed by atoms with van der Waals surface area (Å²) >= 11 is 13.5. The Balaban J connectivity index is 1.66. The van der Waals surface area contributed by atoms with Gasteiger partial charge in [0.05, 0.1) is 11.6 Å². The van der Waals surface area contributed by atoms with Gasteiger partial charge in [-0.15, -0.1) is 11.3 Å². The number of aliphatic imine (C=N–C) groups is 1. The molecule has 0 saturated carbocycles. The second-order valence-electron chi connectivity index (χ2n) is 5.72. The minimum atomic E-state index is -3.00. The van der Waals surface area contributed by atoms with Gasteiger partial charge in [-0.05, 0) is 12.1 Å². The number of halogens is 4. The number of ether oxygens (including phenoxy) is 1. The number of rotatable bonds is 5. The second kappa shape index (κ2) is 8.90. The zero-order valence-electron chi connectivity index (χ0n) is 14.1. The minimum Gasteiger partial charge on any atom is -0.433 e. The van der Waals surface area contributed by atoms with Gasteiger partial charge in [-0.25, -0.2) is 9.98 Å². The highest BCUT2D eigenvalue weighted by Gasteiger charge is 2.20. The number of nitrogens with two attached hydrogens (primary N) is 1. The average Bonchev–Trinajstić information content (AvgIpc) is 3.17. The molecule has 2 aromatic rings. The van der Waals surface area contributed by atoms with Gasteiger partial charge in [0.2, 0.25) is 0 Å². The minimum absolute atomic E-state index is 0.00336. The molecule has 1 aromatic carbocycles. The van der Waals surface area contributed by atoms with Gasteiger partial charge < -0.3 is 20.3 Å². The lowest BCUT2D eigenvalue weighted by Crippen LogP contribution is -2.51. The monoisotopic (exact) mass is 435 g/mol. The van der Waals surface area contributed by atoms with Gasteiger partial charge in [-0.2, -0.15) is 8.78 Å². The summed E-state index contributed by atoms with van der Waals surface area (Å²) in [6.07, 6.45) is 1.78. The molecule has 0 aliphatic carbocycles. The van der Waals surface area contributed by atoms with E-state index < -0.39 is 6.61 Å². The summed E-state index contributed by atoms with van der Waals surface area (Å²) in [7, 11) is 0. The third-order valence-corrected chi connectivity index (χ3v) is 5.33. The summed E-state index contributed by atoms with van der Waals surface area (Å²) in [5.41, 5.74) is 6.42. The van der Waals surface area contributed by atoms with Crippen LogP contribution in [0.15, 0.2) is 28.7 Å². The van der Waals surface area contributed by atoms with Crippen LogP contribution >= 0.6 is 34.5 Å². The van der Waals surface area contributed by atoms with Gasteiger partial charge in [-0.3, -0.25) is 0 Å². The molecule has 146 valence electrons. The average molecular weight is 436 g/mol. The topological polar surface area (TPSA) is 67.0 Å². The molecule has 0 amide bonds. The Morgan fingerprint density at radius 3 is 2.67 bits per heavy atom. The Morgan fingerprint density at radius 1 is 1.30 bits per heavy atom. The van der Waals surface area contributed by atoms with Gasteiger partial charge in [-0.1, -0.05) is 23.2 Å². The lowest BCUT2D eigenvalue weighted by molar-refractivity contribution is -0.0503. The normalized spacial score (nSPS) is 15.5. The fourth-order valence-electron chi connectivity index (χ4n) is 2.72. The van der Waals surface area contributed by atoms with Crippen molar-refractivity contribution >= 4 is 45.6 Å². The zero-order chi connectivity index (χ0) is 19.4. The van der Waals surface area contributed by atoms with Crippen molar-refractivity contribution in [3.8, 4) is 5.75 Å². The highest BCUT2D eigenvalue weighted by atomic mass is 35.5. The van der Waals surface area contributed by atoms with Crippen LogP contribution in [0.3, 0.4) is 0 Å². The Morgan fingerprint density at radius 2 is 2.04 bits per heavy atom. The molecule has 2 heterocycles. The number of guanidine groups is 1. The highest BCUT2D eigenvalue weighted by Crippen LogP contribution is 2.34. The molecule has 1 aromatic heterocycles. The van der Waals surface area contributed by atoms with Gasteiger partial charge in [0.15, 0.2) is 11.1 Å². The van der Waals surface area contributed by atoms with E-state index in [1.165, 1.54) is 12.1 Å². The number of piperazine rings is 1. The van der Waals surface area contributed by atoms with Crippen molar-refractivity contribution in [3.63, 3.8) is 0 Å². The van der Waals surface area contributed by atoms with Crippen LogP contribution < -0.4 is 15.4 Å². The summed E-state index contributed by atoms with van der Waals surface area (Å²) in [4.78, 5) is 12.7. The molecule has 11 heteroatoms. The fraction of sp³-hybridized carbons (Fsp3) is 0.375. The predicted octanol–water partition coefficient (Wildman–Crippen LogP) is 3.69. The van der Waals surface area contributed by atoms with E-state index in [0.29, 0.717) is 29.6 Å². The number of anilines is 1. The quantitative estimate of drug-likeness (QED) is 0.572. The number of hydrogen-bond donors (Lipinski definition) is 1. The first kappa shape index (κ1) is 19.9. The van der Waals surface area contributed by atoms with Gasteiger partial charge in [0, 0.05) is 48.3 Å². The van der Waals surface area contributed by atoms with Crippen LogP contribution in [0.4, 0.5) is 13.9 Å².